The summed E-state index contributed by atoms with van der Waals surface area (Å²) in [6.07, 6.45) is 5.03. The summed E-state index contributed by atoms with van der Waals surface area (Å²) >= 11 is 0. The van der Waals surface area contributed by atoms with E-state index in [1.807, 2.05) is 12.1 Å². The lowest BCUT2D eigenvalue weighted by Gasteiger charge is -2.27. The Labute approximate surface area is 136 Å². The number of carbonyl (C=O) groups excluding carboxylic acids is 2. The van der Waals surface area contributed by atoms with Crippen LogP contribution in [0.2, 0.25) is 0 Å². The highest BCUT2D eigenvalue weighted by molar-refractivity contribution is 5.98. The van der Waals surface area contributed by atoms with Gasteiger partial charge in [0.15, 0.2) is 0 Å². The van der Waals surface area contributed by atoms with E-state index in [0.717, 1.165) is 36.9 Å². The number of hydrogen-bond acceptors (Lipinski definition) is 3. The molecule has 1 fully saturated rings. The van der Waals surface area contributed by atoms with E-state index in [9.17, 15) is 9.59 Å². The average molecular weight is 324 g/mol. The van der Waals surface area contributed by atoms with E-state index in [1.54, 1.807) is 6.07 Å². The molecule has 3 rings (SSSR count). The molecule has 0 atom stereocenters. The topological polar surface area (TPSA) is 84.2 Å². The van der Waals surface area contributed by atoms with Gasteiger partial charge in [0.25, 0.3) is 5.91 Å². The smallest absolute Gasteiger partial charge is 0.251 e. The van der Waals surface area contributed by atoms with E-state index in [-0.39, 0.29) is 36.3 Å². The zero-order valence-corrected chi connectivity index (χ0v) is 13.2. The number of nitrogens with one attached hydrogen (secondary N) is 2. The van der Waals surface area contributed by atoms with Crippen LogP contribution in [-0.2, 0) is 11.2 Å². The molecule has 0 aromatic heterocycles. The van der Waals surface area contributed by atoms with Crippen LogP contribution in [0.25, 0.3) is 0 Å². The van der Waals surface area contributed by atoms with Gasteiger partial charge >= 0.3 is 0 Å². The van der Waals surface area contributed by atoms with Crippen LogP contribution in [0, 0.1) is 0 Å². The molecule has 1 saturated carbocycles. The maximum Gasteiger partial charge on any atom is 0.251 e. The molecule has 0 bridgehead atoms. The Bertz CT molecular complexity index is 569. The van der Waals surface area contributed by atoms with Gasteiger partial charge < -0.3 is 16.4 Å². The second-order valence-electron chi connectivity index (χ2n) is 6.01. The van der Waals surface area contributed by atoms with Crippen molar-refractivity contribution in [2.45, 2.75) is 50.6 Å². The Morgan fingerprint density at radius 1 is 1.18 bits per heavy atom. The maximum atomic E-state index is 12.3. The van der Waals surface area contributed by atoms with Crippen molar-refractivity contribution in [3.05, 3.63) is 29.3 Å². The SMILES string of the molecule is Cl.NC1CCC(NC(=O)c2ccc3c(c2)CCC(=O)N3)CC1. The van der Waals surface area contributed by atoms with Crippen molar-refractivity contribution in [3.63, 3.8) is 0 Å². The largest absolute Gasteiger partial charge is 0.349 e. The minimum atomic E-state index is -0.0322. The van der Waals surface area contributed by atoms with Crippen LogP contribution in [0.5, 0.6) is 0 Å². The van der Waals surface area contributed by atoms with Gasteiger partial charge in [0.05, 0.1) is 0 Å². The predicted molar refractivity (Wildman–Crippen MR) is 88.3 cm³/mol. The minimum Gasteiger partial charge on any atom is -0.349 e. The minimum absolute atomic E-state index is 0. The summed E-state index contributed by atoms with van der Waals surface area (Å²) in [5.41, 5.74) is 8.41. The molecular weight excluding hydrogens is 302 g/mol. The van der Waals surface area contributed by atoms with E-state index >= 15 is 0 Å². The summed E-state index contributed by atoms with van der Waals surface area (Å²) in [5.74, 6) is 0.00779. The molecule has 2 amide bonds. The fraction of sp³-hybridized carbons (Fsp3) is 0.500. The average Bonchev–Trinajstić information content (AvgIpc) is 2.49. The zero-order valence-electron chi connectivity index (χ0n) is 12.4. The quantitative estimate of drug-likeness (QED) is 0.778. The first-order chi connectivity index (χ1) is 10.1. The monoisotopic (exact) mass is 323 g/mol. The van der Waals surface area contributed by atoms with Gasteiger partial charge in [0.2, 0.25) is 5.91 Å². The fourth-order valence-electron chi connectivity index (χ4n) is 3.06. The molecule has 0 radical (unpaired) electrons. The highest BCUT2D eigenvalue weighted by Crippen LogP contribution is 2.24. The van der Waals surface area contributed by atoms with Gasteiger partial charge in [0, 0.05) is 29.8 Å². The van der Waals surface area contributed by atoms with Crippen LogP contribution >= 0.6 is 12.4 Å². The summed E-state index contributed by atoms with van der Waals surface area (Å²) in [6, 6.07) is 5.99. The van der Waals surface area contributed by atoms with Gasteiger partial charge in [-0.2, -0.15) is 0 Å². The van der Waals surface area contributed by atoms with Crippen molar-refractivity contribution in [2.75, 3.05) is 5.32 Å². The van der Waals surface area contributed by atoms with Crippen LogP contribution in [0.4, 0.5) is 5.69 Å². The number of aryl methyl sites for hydroxylation is 1. The van der Waals surface area contributed by atoms with E-state index < -0.39 is 0 Å². The molecule has 0 saturated heterocycles. The molecule has 2 aliphatic rings. The van der Waals surface area contributed by atoms with Crippen molar-refractivity contribution < 1.29 is 9.59 Å². The molecule has 1 aliphatic carbocycles. The van der Waals surface area contributed by atoms with Crippen LogP contribution in [0.1, 0.15) is 48.0 Å². The first-order valence-corrected chi connectivity index (χ1v) is 7.61. The molecule has 1 heterocycles. The Morgan fingerprint density at radius 3 is 2.64 bits per heavy atom. The van der Waals surface area contributed by atoms with Crippen molar-refractivity contribution in [1.82, 2.24) is 5.32 Å². The molecule has 1 aromatic carbocycles. The van der Waals surface area contributed by atoms with E-state index in [0.29, 0.717) is 18.4 Å². The first-order valence-electron chi connectivity index (χ1n) is 7.61. The normalized spacial score (nSPS) is 23.8. The lowest BCUT2D eigenvalue weighted by Crippen LogP contribution is -2.40. The lowest BCUT2D eigenvalue weighted by atomic mass is 9.91. The molecule has 1 aromatic rings. The Hall–Kier alpha value is -1.59. The van der Waals surface area contributed by atoms with Crippen LogP contribution < -0.4 is 16.4 Å². The molecule has 0 spiro atoms. The number of rotatable bonds is 2. The number of amides is 2. The highest BCUT2D eigenvalue weighted by Gasteiger charge is 2.21. The number of carbonyl (C=O) groups is 2. The van der Waals surface area contributed by atoms with Crippen molar-refractivity contribution in [2.24, 2.45) is 5.73 Å². The van der Waals surface area contributed by atoms with Crippen LogP contribution in [0.15, 0.2) is 18.2 Å². The van der Waals surface area contributed by atoms with Crippen LogP contribution in [0.3, 0.4) is 0 Å². The molecule has 6 heteroatoms. The third-order valence-electron chi connectivity index (χ3n) is 4.37. The second kappa shape index (κ2) is 7.11. The summed E-state index contributed by atoms with van der Waals surface area (Å²) in [5, 5.41) is 5.92. The van der Waals surface area contributed by atoms with E-state index in [1.165, 1.54) is 0 Å². The summed E-state index contributed by atoms with van der Waals surface area (Å²) < 4.78 is 0. The number of hydrogen-bond donors (Lipinski definition) is 3. The summed E-state index contributed by atoms with van der Waals surface area (Å²) in [7, 11) is 0. The van der Waals surface area contributed by atoms with Crippen molar-refractivity contribution in [3.8, 4) is 0 Å². The zero-order chi connectivity index (χ0) is 14.8. The van der Waals surface area contributed by atoms with Crippen LogP contribution in [-0.4, -0.2) is 23.9 Å². The van der Waals surface area contributed by atoms with Gasteiger partial charge in [-0.05, 0) is 55.9 Å². The van der Waals surface area contributed by atoms with E-state index in [4.69, 9.17) is 5.73 Å². The third-order valence-corrected chi connectivity index (χ3v) is 4.37. The molecular formula is C16H22ClN3O2. The standard InChI is InChI=1S/C16H21N3O2.ClH/c17-12-3-5-13(6-4-12)18-16(21)11-1-7-14-10(9-11)2-8-15(20)19-14;/h1,7,9,12-13H,2-6,8,17H2,(H,18,21)(H,19,20);1H. The fourth-order valence-corrected chi connectivity index (χ4v) is 3.06. The van der Waals surface area contributed by atoms with Crippen molar-refractivity contribution >= 4 is 29.9 Å². The number of benzene rings is 1. The number of nitrogens with two attached hydrogens (primary N) is 1. The molecule has 1 aliphatic heterocycles. The Balaban J connectivity index is 0.00000176. The number of anilines is 1. The van der Waals surface area contributed by atoms with E-state index in [2.05, 4.69) is 10.6 Å². The number of fused-ring (bicyclic) bond motifs is 1. The summed E-state index contributed by atoms with van der Waals surface area (Å²) in [6.45, 7) is 0. The molecule has 5 nitrogen and oxygen atoms in total. The summed E-state index contributed by atoms with van der Waals surface area (Å²) in [4.78, 5) is 23.6. The second-order valence-corrected chi connectivity index (χ2v) is 6.01. The van der Waals surface area contributed by atoms with Gasteiger partial charge in [-0.25, -0.2) is 0 Å². The lowest BCUT2D eigenvalue weighted by molar-refractivity contribution is -0.116. The molecule has 120 valence electrons. The third kappa shape index (κ3) is 3.78. The molecule has 0 unspecified atom stereocenters. The van der Waals surface area contributed by atoms with Gasteiger partial charge in [-0.3, -0.25) is 9.59 Å². The predicted octanol–water partition coefficient (Wildman–Crippen LogP) is 1.99. The van der Waals surface area contributed by atoms with Gasteiger partial charge in [0.1, 0.15) is 0 Å². The molecule has 4 N–H and O–H groups in total. The van der Waals surface area contributed by atoms with Crippen molar-refractivity contribution in [1.29, 1.82) is 0 Å². The maximum absolute atomic E-state index is 12.3. The highest BCUT2D eigenvalue weighted by atomic mass is 35.5. The molecule has 22 heavy (non-hydrogen) atoms. The Morgan fingerprint density at radius 2 is 1.91 bits per heavy atom. The van der Waals surface area contributed by atoms with Gasteiger partial charge in [-0.15, -0.1) is 12.4 Å². The van der Waals surface area contributed by atoms with Gasteiger partial charge in [-0.1, -0.05) is 0 Å². The number of halogens is 1. The Kier molecular flexibility index (Phi) is 5.42. The first kappa shape index (κ1) is 16.8.